The summed E-state index contributed by atoms with van der Waals surface area (Å²) >= 11 is 16.1. The van der Waals surface area contributed by atoms with Crippen LogP contribution in [0.4, 0.5) is 0 Å². The van der Waals surface area contributed by atoms with Crippen molar-refractivity contribution in [3.63, 3.8) is 0 Å². The van der Waals surface area contributed by atoms with Crippen molar-refractivity contribution in [2.45, 2.75) is 9.90 Å². The number of sulfonamides is 1. The number of benzene rings is 1. The lowest BCUT2D eigenvalue weighted by molar-refractivity contribution is 0.202. The molecule has 106 valence electrons. The van der Waals surface area contributed by atoms with E-state index in [1.54, 1.807) is 30.3 Å². The Morgan fingerprint density at radius 3 is 2.32 bits per heavy atom. The number of aliphatic hydroxyl groups is 1. The van der Waals surface area contributed by atoms with Crippen molar-refractivity contribution in [3.05, 3.63) is 35.9 Å². The van der Waals surface area contributed by atoms with Crippen molar-refractivity contribution in [1.82, 2.24) is 0 Å². The van der Waals surface area contributed by atoms with Gasteiger partial charge in [-0.05, 0) is 0 Å². The lowest BCUT2D eigenvalue weighted by Crippen LogP contribution is -2.33. The number of alkyl halides is 3. The van der Waals surface area contributed by atoms with Crippen LogP contribution in [-0.2, 0) is 10.0 Å². The third-order valence-corrected chi connectivity index (χ3v) is 4.02. The number of hydrogen-bond donors (Lipinski definition) is 2. The quantitative estimate of drug-likeness (QED) is 0.491. The number of amidine groups is 1. The van der Waals surface area contributed by atoms with E-state index in [-0.39, 0.29) is 5.84 Å². The van der Waals surface area contributed by atoms with E-state index < -0.39 is 25.7 Å². The molecule has 0 fully saturated rings. The van der Waals surface area contributed by atoms with Gasteiger partial charge in [-0.2, -0.15) is 0 Å². The Labute approximate surface area is 126 Å². The average molecular weight is 346 g/mol. The van der Waals surface area contributed by atoms with Gasteiger partial charge in [0, 0.05) is 5.56 Å². The summed E-state index contributed by atoms with van der Waals surface area (Å²) < 4.78 is 24.6. The summed E-state index contributed by atoms with van der Waals surface area (Å²) in [5.74, 6) is -1.03. The number of rotatable bonds is 4. The smallest absolute Gasteiger partial charge is 0.257 e. The molecule has 1 aromatic carbocycles. The van der Waals surface area contributed by atoms with E-state index in [2.05, 4.69) is 4.40 Å². The minimum atomic E-state index is -4.05. The van der Waals surface area contributed by atoms with E-state index in [0.717, 1.165) is 0 Å². The molecular weight excluding hydrogens is 335 g/mol. The van der Waals surface area contributed by atoms with Crippen LogP contribution in [0, 0.1) is 0 Å². The van der Waals surface area contributed by atoms with Crippen molar-refractivity contribution >= 4 is 50.7 Å². The molecule has 0 aliphatic rings. The largest absolute Gasteiger partial charge is 0.388 e. The molecule has 0 bridgehead atoms. The zero-order chi connectivity index (χ0) is 14.7. The normalized spacial score (nSPS) is 15.3. The highest BCUT2D eigenvalue weighted by molar-refractivity contribution is 7.90. The molecule has 1 unspecified atom stereocenters. The van der Waals surface area contributed by atoms with Crippen molar-refractivity contribution in [3.8, 4) is 0 Å². The Bertz CT molecular complexity index is 555. The highest BCUT2D eigenvalue weighted by Gasteiger charge is 2.34. The van der Waals surface area contributed by atoms with Crippen LogP contribution in [0.2, 0.25) is 0 Å². The average Bonchev–Trinajstić information content (AvgIpc) is 2.27. The maximum atomic E-state index is 11.7. The first kappa shape index (κ1) is 16.5. The molecule has 0 amide bonds. The van der Waals surface area contributed by atoms with Gasteiger partial charge in [0.2, 0.25) is 3.79 Å². The van der Waals surface area contributed by atoms with Gasteiger partial charge < -0.3 is 10.8 Å². The first-order valence-corrected chi connectivity index (χ1v) is 7.74. The van der Waals surface area contributed by atoms with Crippen molar-refractivity contribution in [2.75, 3.05) is 5.75 Å². The molecule has 3 N–H and O–H groups in total. The second-order valence-electron chi connectivity index (χ2n) is 3.65. The Balaban J connectivity index is 2.91. The summed E-state index contributed by atoms with van der Waals surface area (Å²) in [5.41, 5.74) is 6.00. The Morgan fingerprint density at radius 1 is 1.32 bits per heavy atom. The first-order chi connectivity index (χ1) is 8.62. The Morgan fingerprint density at radius 2 is 1.84 bits per heavy atom. The zero-order valence-electron chi connectivity index (χ0n) is 9.50. The molecule has 5 nitrogen and oxygen atoms in total. The zero-order valence-corrected chi connectivity index (χ0v) is 12.6. The summed E-state index contributed by atoms with van der Waals surface area (Å²) in [5, 5.41) is 9.42. The Kier molecular flexibility index (Phi) is 5.46. The van der Waals surface area contributed by atoms with Crippen LogP contribution in [0.15, 0.2) is 34.7 Å². The van der Waals surface area contributed by atoms with E-state index in [4.69, 9.17) is 40.5 Å². The highest BCUT2D eigenvalue weighted by Crippen LogP contribution is 2.31. The summed E-state index contributed by atoms with van der Waals surface area (Å²) in [4.78, 5) is 0. The van der Waals surface area contributed by atoms with E-state index in [1.807, 2.05) is 0 Å². The molecule has 0 saturated carbocycles. The van der Waals surface area contributed by atoms with Gasteiger partial charge >= 0.3 is 0 Å². The molecule has 1 rings (SSSR count). The molecule has 1 atom stereocenters. The van der Waals surface area contributed by atoms with Crippen LogP contribution in [-0.4, -0.2) is 35.0 Å². The van der Waals surface area contributed by atoms with Crippen LogP contribution in [0.5, 0.6) is 0 Å². The van der Waals surface area contributed by atoms with Crippen LogP contribution in [0.25, 0.3) is 0 Å². The Hall–Kier alpha value is -0.530. The molecule has 0 heterocycles. The summed E-state index contributed by atoms with van der Waals surface area (Å²) in [6, 6.07) is 8.30. The molecule has 9 heteroatoms. The standard InChI is InChI=1S/C10H11Cl3N2O3S/c11-10(12,13)8(16)6-19(17,18)15-9(14)7-4-2-1-3-5-7/h1-5,8,16H,6H2,(H2,14,15). The van der Waals surface area contributed by atoms with E-state index in [9.17, 15) is 13.5 Å². The van der Waals surface area contributed by atoms with E-state index >= 15 is 0 Å². The molecule has 0 aliphatic carbocycles. The van der Waals surface area contributed by atoms with Gasteiger partial charge in [-0.3, -0.25) is 0 Å². The van der Waals surface area contributed by atoms with Crippen LogP contribution in [0.1, 0.15) is 5.56 Å². The molecule has 0 aliphatic heterocycles. The third-order valence-electron chi connectivity index (χ3n) is 2.05. The summed E-state index contributed by atoms with van der Waals surface area (Å²) in [6.45, 7) is 0. The molecule has 19 heavy (non-hydrogen) atoms. The number of nitrogens with two attached hydrogens (primary N) is 1. The fourth-order valence-electron chi connectivity index (χ4n) is 1.14. The van der Waals surface area contributed by atoms with E-state index in [0.29, 0.717) is 5.56 Å². The van der Waals surface area contributed by atoms with Crippen LogP contribution >= 0.6 is 34.8 Å². The SMILES string of the molecule is N/C(=N\S(=O)(=O)CC(O)C(Cl)(Cl)Cl)c1ccccc1. The molecule has 0 radical (unpaired) electrons. The van der Waals surface area contributed by atoms with Gasteiger partial charge in [-0.25, -0.2) is 8.42 Å². The lowest BCUT2D eigenvalue weighted by atomic mass is 10.2. The van der Waals surface area contributed by atoms with Gasteiger partial charge in [0.05, 0.1) is 0 Å². The summed E-state index contributed by atoms with van der Waals surface area (Å²) in [6.07, 6.45) is -1.70. The maximum Gasteiger partial charge on any atom is 0.257 e. The summed E-state index contributed by atoms with van der Waals surface area (Å²) in [7, 11) is -4.05. The van der Waals surface area contributed by atoms with E-state index in [1.165, 1.54) is 0 Å². The first-order valence-electron chi connectivity index (χ1n) is 5.00. The fraction of sp³-hybridized carbons (Fsp3) is 0.300. The minimum absolute atomic E-state index is 0.197. The second kappa shape index (κ2) is 6.28. The maximum absolute atomic E-state index is 11.7. The van der Waals surface area contributed by atoms with Gasteiger partial charge in [0.25, 0.3) is 10.0 Å². The third kappa shape index (κ3) is 5.54. The van der Waals surface area contributed by atoms with Crippen molar-refractivity contribution in [1.29, 1.82) is 0 Å². The molecule has 1 aromatic rings. The fourth-order valence-corrected chi connectivity index (χ4v) is 2.78. The van der Waals surface area contributed by atoms with Gasteiger partial charge in [0.15, 0.2) is 0 Å². The van der Waals surface area contributed by atoms with Crippen LogP contribution < -0.4 is 5.73 Å². The molecular formula is C10H11Cl3N2O3S. The lowest BCUT2D eigenvalue weighted by Gasteiger charge is -2.17. The highest BCUT2D eigenvalue weighted by atomic mass is 35.6. The predicted octanol–water partition coefficient (Wildman–Crippen LogP) is 1.45. The molecule has 0 saturated heterocycles. The molecule has 0 aromatic heterocycles. The van der Waals surface area contributed by atoms with Gasteiger partial charge in [-0.1, -0.05) is 65.1 Å². The number of halogens is 3. The van der Waals surface area contributed by atoms with Gasteiger partial charge in [-0.15, -0.1) is 4.40 Å². The van der Waals surface area contributed by atoms with Crippen molar-refractivity contribution < 1.29 is 13.5 Å². The van der Waals surface area contributed by atoms with Crippen LogP contribution in [0.3, 0.4) is 0 Å². The monoisotopic (exact) mass is 344 g/mol. The van der Waals surface area contributed by atoms with Gasteiger partial charge in [0.1, 0.15) is 17.7 Å². The number of hydrogen-bond acceptors (Lipinski definition) is 3. The van der Waals surface area contributed by atoms with Crippen molar-refractivity contribution in [2.24, 2.45) is 10.1 Å². The number of aliphatic hydroxyl groups excluding tert-OH is 1. The topological polar surface area (TPSA) is 92.8 Å². The predicted molar refractivity (Wildman–Crippen MR) is 77.3 cm³/mol. The minimum Gasteiger partial charge on any atom is -0.388 e. The molecule has 0 spiro atoms. The number of nitrogens with zero attached hydrogens (tertiary/aromatic N) is 1. The second-order valence-corrected chi connectivity index (χ2v) is 7.70.